The van der Waals surface area contributed by atoms with Crippen molar-refractivity contribution in [2.75, 3.05) is 26.2 Å². The Kier molecular flexibility index (Phi) is 4.04. The topological polar surface area (TPSA) is 6.48 Å². The molecule has 16 heavy (non-hydrogen) atoms. The lowest BCUT2D eigenvalue weighted by Crippen LogP contribution is -2.57. The Morgan fingerprint density at radius 1 is 1.38 bits per heavy atom. The van der Waals surface area contributed by atoms with E-state index in [1.54, 1.807) is 0 Å². The van der Waals surface area contributed by atoms with Crippen molar-refractivity contribution in [1.82, 2.24) is 9.80 Å². The maximum Gasteiger partial charge on any atom is 0.0247 e. The van der Waals surface area contributed by atoms with E-state index in [1.807, 2.05) is 0 Å². The zero-order chi connectivity index (χ0) is 11.5. The Morgan fingerprint density at radius 3 is 2.88 bits per heavy atom. The van der Waals surface area contributed by atoms with E-state index in [4.69, 9.17) is 0 Å². The van der Waals surface area contributed by atoms with Crippen LogP contribution < -0.4 is 0 Å². The van der Waals surface area contributed by atoms with Gasteiger partial charge in [0.05, 0.1) is 0 Å². The highest BCUT2D eigenvalue weighted by atomic mass is 15.3. The van der Waals surface area contributed by atoms with Gasteiger partial charge in [0, 0.05) is 31.7 Å². The number of hydrogen-bond donors (Lipinski definition) is 0. The second-order valence-corrected chi connectivity index (χ2v) is 5.67. The summed E-state index contributed by atoms with van der Waals surface area (Å²) in [5.41, 5.74) is 0. The van der Waals surface area contributed by atoms with Gasteiger partial charge in [-0.05, 0) is 31.7 Å². The molecule has 2 rings (SSSR count). The van der Waals surface area contributed by atoms with Crippen molar-refractivity contribution >= 4 is 0 Å². The Bertz CT molecular complexity index is 237. The van der Waals surface area contributed by atoms with Crippen LogP contribution in [0.1, 0.15) is 33.1 Å². The summed E-state index contributed by atoms with van der Waals surface area (Å²) in [6, 6.07) is 1.61. The third-order valence-corrected chi connectivity index (χ3v) is 4.22. The van der Waals surface area contributed by atoms with Crippen LogP contribution in [0, 0.1) is 5.92 Å². The molecule has 2 saturated heterocycles. The highest BCUT2D eigenvalue weighted by molar-refractivity contribution is 4.93. The molecule has 2 heteroatoms. The normalized spacial score (nSPS) is 31.9. The van der Waals surface area contributed by atoms with Crippen LogP contribution in [0.15, 0.2) is 12.7 Å². The summed E-state index contributed by atoms with van der Waals surface area (Å²) < 4.78 is 0. The van der Waals surface area contributed by atoms with Gasteiger partial charge in [-0.2, -0.15) is 0 Å². The number of hydrogen-bond acceptors (Lipinski definition) is 2. The minimum atomic E-state index is 0.759. The number of piperazine rings is 1. The standard InChI is InChI=1S/C14H26N2/c1-4-5-8-16-10-13-7-6-9-15(13)11-14(16)12(2)3/h4,12-14H,1,5-11H2,2-3H3. The quantitative estimate of drug-likeness (QED) is 0.674. The summed E-state index contributed by atoms with van der Waals surface area (Å²) in [6.07, 6.45) is 6.01. The van der Waals surface area contributed by atoms with Crippen LogP contribution >= 0.6 is 0 Å². The molecule has 0 aromatic carbocycles. The molecule has 2 atom stereocenters. The van der Waals surface area contributed by atoms with E-state index < -0.39 is 0 Å². The van der Waals surface area contributed by atoms with Crippen LogP contribution in [0.25, 0.3) is 0 Å². The van der Waals surface area contributed by atoms with Crippen molar-refractivity contribution in [3.05, 3.63) is 12.7 Å². The molecule has 0 aromatic rings. The maximum absolute atomic E-state index is 3.84. The Hall–Kier alpha value is -0.340. The van der Waals surface area contributed by atoms with E-state index in [2.05, 4.69) is 36.3 Å². The van der Waals surface area contributed by atoms with Crippen LogP contribution in [0.5, 0.6) is 0 Å². The molecule has 0 spiro atoms. The lowest BCUT2D eigenvalue weighted by Gasteiger charge is -2.45. The molecule has 0 saturated carbocycles. The number of fused-ring (bicyclic) bond motifs is 1. The molecule has 0 bridgehead atoms. The molecule has 0 amide bonds. The van der Waals surface area contributed by atoms with Crippen LogP contribution in [0.4, 0.5) is 0 Å². The zero-order valence-electron chi connectivity index (χ0n) is 10.9. The van der Waals surface area contributed by atoms with Crippen molar-refractivity contribution < 1.29 is 0 Å². The predicted molar refractivity (Wildman–Crippen MR) is 69.6 cm³/mol. The SMILES string of the molecule is C=CCCN1CC2CCCN2CC1C(C)C. The van der Waals surface area contributed by atoms with Crippen LogP contribution in [0.3, 0.4) is 0 Å². The van der Waals surface area contributed by atoms with E-state index >= 15 is 0 Å². The van der Waals surface area contributed by atoms with Gasteiger partial charge in [-0.1, -0.05) is 19.9 Å². The molecule has 2 aliphatic heterocycles. The Morgan fingerprint density at radius 2 is 2.19 bits per heavy atom. The van der Waals surface area contributed by atoms with Gasteiger partial charge in [0.1, 0.15) is 0 Å². The van der Waals surface area contributed by atoms with Crippen LogP contribution in [-0.2, 0) is 0 Å². The molecule has 0 radical (unpaired) electrons. The van der Waals surface area contributed by atoms with Crippen molar-refractivity contribution in [3.8, 4) is 0 Å². The average molecular weight is 222 g/mol. The Balaban J connectivity index is 1.98. The molecule has 0 N–H and O–H groups in total. The Labute approximate surface area is 100 Å². The van der Waals surface area contributed by atoms with Crippen molar-refractivity contribution in [2.24, 2.45) is 5.92 Å². The molecule has 2 unspecified atom stereocenters. The summed E-state index contributed by atoms with van der Waals surface area (Å²) in [5.74, 6) is 0.770. The van der Waals surface area contributed by atoms with Gasteiger partial charge < -0.3 is 0 Å². The smallest absolute Gasteiger partial charge is 0.0247 e. The molecule has 2 aliphatic rings. The fourth-order valence-electron chi connectivity index (χ4n) is 3.25. The minimum Gasteiger partial charge on any atom is -0.298 e. The fraction of sp³-hybridized carbons (Fsp3) is 0.857. The second-order valence-electron chi connectivity index (χ2n) is 5.67. The van der Waals surface area contributed by atoms with E-state index in [-0.39, 0.29) is 0 Å². The largest absolute Gasteiger partial charge is 0.298 e. The summed E-state index contributed by atoms with van der Waals surface area (Å²) in [7, 11) is 0. The predicted octanol–water partition coefficient (Wildman–Crippen LogP) is 2.37. The summed E-state index contributed by atoms with van der Waals surface area (Å²) in [4.78, 5) is 5.42. The lowest BCUT2D eigenvalue weighted by atomic mass is 9.97. The average Bonchev–Trinajstić information content (AvgIpc) is 2.71. The van der Waals surface area contributed by atoms with E-state index in [9.17, 15) is 0 Å². The monoisotopic (exact) mass is 222 g/mol. The number of nitrogens with zero attached hydrogens (tertiary/aromatic N) is 2. The third kappa shape index (κ3) is 2.49. The van der Waals surface area contributed by atoms with Gasteiger partial charge in [-0.15, -0.1) is 6.58 Å². The van der Waals surface area contributed by atoms with Crippen molar-refractivity contribution in [3.63, 3.8) is 0 Å². The zero-order valence-corrected chi connectivity index (χ0v) is 10.9. The highest BCUT2D eigenvalue weighted by Crippen LogP contribution is 2.27. The third-order valence-electron chi connectivity index (χ3n) is 4.22. The van der Waals surface area contributed by atoms with E-state index in [0.29, 0.717) is 0 Å². The first kappa shape index (κ1) is 12.1. The molecule has 92 valence electrons. The van der Waals surface area contributed by atoms with Gasteiger partial charge in [0.2, 0.25) is 0 Å². The van der Waals surface area contributed by atoms with Gasteiger partial charge in [-0.3, -0.25) is 9.80 Å². The summed E-state index contributed by atoms with van der Waals surface area (Å²) >= 11 is 0. The molecule has 0 aromatic heterocycles. The van der Waals surface area contributed by atoms with Crippen molar-refractivity contribution in [1.29, 1.82) is 0 Å². The van der Waals surface area contributed by atoms with Gasteiger partial charge in [0.15, 0.2) is 0 Å². The summed E-state index contributed by atoms with van der Waals surface area (Å²) in [6.45, 7) is 13.7. The molecular formula is C14H26N2. The van der Waals surface area contributed by atoms with E-state index in [1.165, 1.54) is 39.0 Å². The minimum absolute atomic E-state index is 0.759. The molecule has 2 nitrogen and oxygen atoms in total. The highest BCUT2D eigenvalue weighted by Gasteiger charge is 2.36. The summed E-state index contributed by atoms with van der Waals surface area (Å²) in [5, 5.41) is 0. The van der Waals surface area contributed by atoms with Crippen LogP contribution in [-0.4, -0.2) is 48.1 Å². The fourth-order valence-corrected chi connectivity index (χ4v) is 3.25. The molecule has 0 aliphatic carbocycles. The van der Waals surface area contributed by atoms with Gasteiger partial charge in [0.25, 0.3) is 0 Å². The first-order chi connectivity index (χ1) is 7.72. The molecule has 2 fully saturated rings. The van der Waals surface area contributed by atoms with Crippen molar-refractivity contribution in [2.45, 2.75) is 45.2 Å². The first-order valence-corrected chi connectivity index (χ1v) is 6.81. The van der Waals surface area contributed by atoms with Crippen LogP contribution in [0.2, 0.25) is 0 Å². The first-order valence-electron chi connectivity index (χ1n) is 6.81. The molecule has 2 heterocycles. The van der Waals surface area contributed by atoms with Gasteiger partial charge in [-0.25, -0.2) is 0 Å². The molecular weight excluding hydrogens is 196 g/mol. The second kappa shape index (κ2) is 5.33. The van der Waals surface area contributed by atoms with Gasteiger partial charge >= 0.3 is 0 Å². The van der Waals surface area contributed by atoms with E-state index in [0.717, 1.165) is 24.4 Å². The lowest BCUT2D eigenvalue weighted by molar-refractivity contribution is 0.0306. The number of rotatable bonds is 4. The maximum atomic E-state index is 3.84.